The number of hydrogen-bond donors (Lipinski definition) is 3. The van der Waals surface area contributed by atoms with Crippen molar-refractivity contribution in [2.45, 2.75) is 19.4 Å². The number of aryl methyl sites for hydroxylation is 1. The second-order valence-electron chi connectivity index (χ2n) is 9.17. The van der Waals surface area contributed by atoms with E-state index in [2.05, 4.69) is 5.32 Å². The quantitative estimate of drug-likeness (QED) is 0.180. The fourth-order valence-corrected chi connectivity index (χ4v) is 4.26. The molecule has 0 bridgehead atoms. The first kappa shape index (κ1) is 29.1. The molecule has 0 amide bonds. The monoisotopic (exact) mass is 565 g/mol. The summed E-state index contributed by atoms with van der Waals surface area (Å²) in [6, 6.07) is 15.2. The number of ketones is 1. The zero-order valence-electron chi connectivity index (χ0n) is 21.9. The number of carbonyl (C=O) groups is 2. The summed E-state index contributed by atoms with van der Waals surface area (Å²) in [6.45, 7) is 1.73. The van der Waals surface area contributed by atoms with Gasteiger partial charge < -0.3 is 20.9 Å². The average Bonchev–Trinajstić information content (AvgIpc) is 2.93. The van der Waals surface area contributed by atoms with Crippen molar-refractivity contribution in [2.75, 3.05) is 18.9 Å². The molecule has 0 spiro atoms. The van der Waals surface area contributed by atoms with E-state index >= 15 is 8.78 Å². The van der Waals surface area contributed by atoms with Crippen molar-refractivity contribution in [1.82, 2.24) is 9.88 Å². The molecule has 0 aliphatic heterocycles. The van der Waals surface area contributed by atoms with Crippen LogP contribution in [0, 0.1) is 24.4 Å². The Hall–Kier alpha value is -4.90. The third-order valence-electron chi connectivity index (χ3n) is 6.33. The van der Waals surface area contributed by atoms with E-state index < -0.39 is 52.3 Å². The molecule has 1 atom stereocenters. The Bertz CT molecular complexity index is 1630. The standard InChI is InChI=1S/C30H26F3N3O5/c1-17-14-19(8-10-22(17)31)28(38)21-9-11-25(37)36(29(21)34)27-23(32)15-20(16-24(27)33)41-13-5-12-35-26(30(39)40)18-6-3-2-4-7-18/h2-4,6-11,14-16,26,35H,5,12-13,34H2,1H3,(H,39,40). The molecule has 4 rings (SSSR count). The Morgan fingerprint density at radius 1 is 0.976 bits per heavy atom. The maximum atomic E-state index is 15.1. The third kappa shape index (κ3) is 6.47. The fourth-order valence-electron chi connectivity index (χ4n) is 4.26. The summed E-state index contributed by atoms with van der Waals surface area (Å²) in [7, 11) is 0. The van der Waals surface area contributed by atoms with Crippen LogP contribution in [0.3, 0.4) is 0 Å². The second kappa shape index (κ2) is 12.5. The lowest BCUT2D eigenvalue weighted by molar-refractivity contribution is -0.139. The van der Waals surface area contributed by atoms with Crippen LogP contribution in [-0.2, 0) is 4.79 Å². The first-order valence-electron chi connectivity index (χ1n) is 12.5. The van der Waals surface area contributed by atoms with Crippen molar-refractivity contribution in [1.29, 1.82) is 0 Å². The fraction of sp³-hybridized carbons (Fsp3) is 0.167. The maximum absolute atomic E-state index is 15.1. The van der Waals surface area contributed by atoms with Crippen molar-refractivity contribution < 1.29 is 32.6 Å². The first-order valence-corrected chi connectivity index (χ1v) is 12.5. The number of aliphatic carboxylic acids is 1. The largest absolute Gasteiger partial charge is 0.493 e. The van der Waals surface area contributed by atoms with Crippen LogP contribution in [0.4, 0.5) is 19.0 Å². The van der Waals surface area contributed by atoms with Gasteiger partial charge in [0, 0.05) is 23.8 Å². The van der Waals surface area contributed by atoms with Crippen LogP contribution in [0.1, 0.15) is 39.5 Å². The highest BCUT2D eigenvalue weighted by Crippen LogP contribution is 2.27. The molecule has 0 radical (unpaired) electrons. The van der Waals surface area contributed by atoms with Crippen LogP contribution in [0.5, 0.6) is 5.75 Å². The van der Waals surface area contributed by atoms with Gasteiger partial charge in [-0.25, -0.2) is 13.2 Å². The molecule has 4 aromatic rings. The Morgan fingerprint density at radius 3 is 2.29 bits per heavy atom. The lowest BCUT2D eigenvalue weighted by Crippen LogP contribution is -2.30. The lowest BCUT2D eigenvalue weighted by Gasteiger charge is -2.16. The predicted octanol–water partition coefficient (Wildman–Crippen LogP) is 4.56. The molecular formula is C30H26F3N3O5. The zero-order valence-corrected chi connectivity index (χ0v) is 21.9. The highest BCUT2D eigenvalue weighted by molar-refractivity contribution is 6.11. The van der Waals surface area contributed by atoms with Gasteiger partial charge in [-0.05, 0) is 55.3 Å². The molecular weight excluding hydrogens is 539 g/mol. The highest BCUT2D eigenvalue weighted by atomic mass is 19.1. The van der Waals surface area contributed by atoms with E-state index in [0.29, 0.717) is 16.6 Å². The number of nitrogens with zero attached hydrogens (tertiary/aromatic N) is 1. The maximum Gasteiger partial charge on any atom is 0.325 e. The summed E-state index contributed by atoms with van der Waals surface area (Å²) in [5.74, 6) is -5.21. The van der Waals surface area contributed by atoms with E-state index in [9.17, 15) is 23.9 Å². The van der Waals surface area contributed by atoms with Gasteiger partial charge in [-0.15, -0.1) is 0 Å². The number of hydrogen-bond acceptors (Lipinski definition) is 6. The number of rotatable bonds is 11. The van der Waals surface area contributed by atoms with E-state index in [1.54, 1.807) is 30.3 Å². The minimum absolute atomic E-state index is 0.00944. The molecule has 1 unspecified atom stereocenters. The number of halogens is 3. The summed E-state index contributed by atoms with van der Waals surface area (Å²) in [5.41, 5.74) is 5.06. The SMILES string of the molecule is Cc1cc(C(=O)c2ccc(=O)n(-c3c(F)cc(OCCCNC(C(=O)O)c4ccccc4)cc3F)c2N)ccc1F. The van der Waals surface area contributed by atoms with E-state index in [0.717, 1.165) is 30.3 Å². The van der Waals surface area contributed by atoms with Crippen molar-refractivity contribution in [2.24, 2.45) is 0 Å². The Morgan fingerprint density at radius 2 is 1.66 bits per heavy atom. The highest BCUT2D eigenvalue weighted by Gasteiger charge is 2.23. The topological polar surface area (TPSA) is 124 Å². The number of nitrogens with one attached hydrogen (secondary N) is 1. The molecule has 0 fully saturated rings. The number of carboxylic acid groups (broad SMARTS) is 1. The number of anilines is 1. The van der Waals surface area contributed by atoms with Gasteiger partial charge >= 0.3 is 5.97 Å². The van der Waals surface area contributed by atoms with Crippen molar-refractivity contribution in [3.63, 3.8) is 0 Å². The number of carboxylic acids is 1. The van der Waals surface area contributed by atoms with Gasteiger partial charge in [-0.1, -0.05) is 30.3 Å². The minimum atomic E-state index is -1.16. The number of pyridine rings is 1. The molecule has 1 aromatic heterocycles. The predicted molar refractivity (Wildman–Crippen MR) is 146 cm³/mol. The minimum Gasteiger partial charge on any atom is -0.493 e. The molecule has 0 saturated carbocycles. The lowest BCUT2D eigenvalue weighted by atomic mass is 10.0. The molecule has 212 valence electrons. The summed E-state index contributed by atoms with van der Waals surface area (Å²) in [6.07, 6.45) is 0.320. The number of benzene rings is 3. The van der Waals surface area contributed by atoms with Crippen LogP contribution in [0.15, 0.2) is 77.6 Å². The van der Waals surface area contributed by atoms with Crippen LogP contribution in [0.25, 0.3) is 5.69 Å². The van der Waals surface area contributed by atoms with Crippen molar-refractivity contribution in [3.05, 3.63) is 123 Å². The Kier molecular flexibility index (Phi) is 8.88. The second-order valence-corrected chi connectivity index (χ2v) is 9.17. The number of aromatic nitrogens is 1. The van der Waals surface area contributed by atoms with Gasteiger partial charge in [0.2, 0.25) is 0 Å². The summed E-state index contributed by atoms with van der Waals surface area (Å²) in [5, 5.41) is 12.4. The molecule has 3 aromatic carbocycles. The van der Waals surface area contributed by atoms with Gasteiger partial charge in [0.1, 0.15) is 29.1 Å². The van der Waals surface area contributed by atoms with Crippen LogP contribution in [-0.4, -0.2) is 34.6 Å². The Balaban J connectivity index is 1.49. The van der Waals surface area contributed by atoms with E-state index in [1.807, 2.05) is 0 Å². The number of nitrogen functional groups attached to an aromatic ring is 1. The summed E-state index contributed by atoms with van der Waals surface area (Å²) < 4.78 is 49.9. The molecule has 11 heteroatoms. The number of nitrogens with two attached hydrogens (primary N) is 1. The van der Waals surface area contributed by atoms with Gasteiger partial charge in [0.25, 0.3) is 5.56 Å². The van der Waals surface area contributed by atoms with E-state index in [-0.39, 0.29) is 35.6 Å². The van der Waals surface area contributed by atoms with E-state index in [4.69, 9.17) is 10.5 Å². The summed E-state index contributed by atoms with van der Waals surface area (Å²) in [4.78, 5) is 37.2. The number of ether oxygens (including phenoxy) is 1. The molecule has 41 heavy (non-hydrogen) atoms. The van der Waals surface area contributed by atoms with Crippen LogP contribution >= 0.6 is 0 Å². The van der Waals surface area contributed by atoms with Gasteiger partial charge in [0.15, 0.2) is 17.4 Å². The molecule has 0 aliphatic carbocycles. The van der Waals surface area contributed by atoms with Crippen LogP contribution < -0.4 is 21.3 Å². The van der Waals surface area contributed by atoms with Gasteiger partial charge in [-0.3, -0.25) is 19.0 Å². The van der Waals surface area contributed by atoms with Crippen molar-refractivity contribution in [3.8, 4) is 11.4 Å². The van der Waals surface area contributed by atoms with E-state index in [1.165, 1.54) is 19.1 Å². The smallest absolute Gasteiger partial charge is 0.325 e. The first-order chi connectivity index (χ1) is 19.6. The van der Waals surface area contributed by atoms with Crippen LogP contribution in [0.2, 0.25) is 0 Å². The zero-order chi connectivity index (χ0) is 29.7. The molecule has 0 saturated heterocycles. The molecule has 8 nitrogen and oxygen atoms in total. The molecule has 0 aliphatic rings. The van der Waals surface area contributed by atoms with Gasteiger partial charge in [-0.2, -0.15) is 0 Å². The number of carbonyl (C=O) groups excluding carboxylic acids is 1. The molecule has 4 N–H and O–H groups in total. The molecule has 1 heterocycles. The third-order valence-corrected chi connectivity index (χ3v) is 6.33. The summed E-state index contributed by atoms with van der Waals surface area (Å²) >= 11 is 0. The van der Waals surface area contributed by atoms with Crippen molar-refractivity contribution >= 4 is 17.6 Å². The van der Waals surface area contributed by atoms with Gasteiger partial charge in [0.05, 0.1) is 12.2 Å². The Labute approximate surface area is 232 Å². The average molecular weight is 566 g/mol. The normalized spacial score (nSPS) is 11.7.